The summed E-state index contributed by atoms with van der Waals surface area (Å²) in [6.07, 6.45) is 0. The van der Waals surface area contributed by atoms with Crippen LogP contribution in [0, 0.1) is 0 Å². The average molecular weight is 403 g/mol. The van der Waals surface area contributed by atoms with Gasteiger partial charge >= 0.3 is 0 Å². The van der Waals surface area contributed by atoms with Gasteiger partial charge in [-0.05, 0) is 23.8 Å². The van der Waals surface area contributed by atoms with E-state index in [2.05, 4.69) is 27.3 Å². The van der Waals surface area contributed by atoms with Crippen molar-refractivity contribution < 1.29 is 14.2 Å². The number of hydrogen-bond donors (Lipinski definition) is 1. The summed E-state index contributed by atoms with van der Waals surface area (Å²) in [5, 5.41) is 3.42. The van der Waals surface area contributed by atoms with E-state index in [0.717, 1.165) is 33.6 Å². The molecule has 0 atom stereocenters. The Hall–Kier alpha value is -1.43. The minimum atomic E-state index is 0. The Kier molecular flexibility index (Phi) is 8.23. The molecule has 2 aromatic carbocycles. The first kappa shape index (κ1) is 19.6. The highest BCUT2D eigenvalue weighted by Crippen LogP contribution is 2.33. The molecular weight excluding hydrogens is 382 g/mol. The van der Waals surface area contributed by atoms with E-state index < -0.39 is 0 Å². The Morgan fingerprint density at radius 3 is 2.04 bits per heavy atom. The summed E-state index contributed by atoms with van der Waals surface area (Å²) in [6, 6.07) is 11.9. The van der Waals surface area contributed by atoms with Crippen molar-refractivity contribution in [2.75, 3.05) is 21.3 Å². The maximum atomic E-state index is 5.35. The summed E-state index contributed by atoms with van der Waals surface area (Å²) in [5.74, 6) is 2.32. The van der Waals surface area contributed by atoms with Gasteiger partial charge in [0.2, 0.25) is 0 Å². The molecule has 0 heterocycles. The monoisotopic (exact) mass is 401 g/mol. The van der Waals surface area contributed by atoms with Crippen molar-refractivity contribution in [3.05, 3.63) is 52.0 Å². The topological polar surface area (TPSA) is 39.7 Å². The number of methoxy groups -OCH3 is 3. The van der Waals surface area contributed by atoms with Gasteiger partial charge in [-0.15, -0.1) is 12.4 Å². The van der Waals surface area contributed by atoms with Crippen molar-refractivity contribution in [3.63, 3.8) is 0 Å². The van der Waals surface area contributed by atoms with E-state index in [0.29, 0.717) is 12.3 Å². The van der Waals surface area contributed by atoms with Gasteiger partial charge in [0, 0.05) is 23.1 Å². The molecule has 126 valence electrons. The maximum Gasteiger partial charge on any atom is 0.161 e. The molecule has 0 saturated heterocycles. The quantitative estimate of drug-likeness (QED) is 0.754. The fourth-order valence-electron chi connectivity index (χ4n) is 2.21. The number of hydrogen-bond acceptors (Lipinski definition) is 4. The van der Waals surface area contributed by atoms with Gasteiger partial charge in [-0.25, -0.2) is 0 Å². The lowest BCUT2D eigenvalue weighted by molar-refractivity contribution is 0.354. The van der Waals surface area contributed by atoms with Crippen LogP contribution in [0.3, 0.4) is 0 Å². The molecule has 0 bridgehead atoms. The zero-order valence-corrected chi connectivity index (χ0v) is 15.8. The van der Waals surface area contributed by atoms with Crippen LogP contribution in [0.5, 0.6) is 17.2 Å². The molecule has 2 aromatic rings. The highest BCUT2D eigenvalue weighted by atomic mass is 79.9. The van der Waals surface area contributed by atoms with Gasteiger partial charge in [0.25, 0.3) is 0 Å². The van der Waals surface area contributed by atoms with Crippen molar-refractivity contribution in [3.8, 4) is 17.2 Å². The van der Waals surface area contributed by atoms with Gasteiger partial charge in [0.05, 0.1) is 21.3 Å². The number of rotatable bonds is 7. The fourth-order valence-corrected chi connectivity index (χ4v) is 2.68. The summed E-state index contributed by atoms with van der Waals surface area (Å²) in [5.41, 5.74) is 2.23. The lowest BCUT2D eigenvalue weighted by Gasteiger charge is -2.13. The molecular formula is C17H21BrClNO3. The Morgan fingerprint density at radius 1 is 0.826 bits per heavy atom. The predicted molar refractivity (Wildman–Crippen MR) is 98.0 cm³/mol. The van der Waals surface area contributed by atoms with Gasteiger partial charge < -0.3 is 19.5 Å². The molecule has 0 amide bonds. The van der Waals surface area contributed by atoms with Crippen molar-refractivity contribution >= 4 is 28.3 Å². The van der Waals surface area contributed by atoms with Crippen LogP contribution in [0.1, 0.15) is 11.1 Å². The molecule has 0 aromatic heterocycles. The van der Waals surface area contributed by atoms with Gasteiger partial charge in [-0.2, -0.15) is 0 Å². The van der Waals surface area contributed by atoms with E-state index in [9.17, 15) is 0 Å². The van der Waals surface area contributed by atoms with Crippen molar-refractivity contribution in [2.24, 2.45) is 0 Å². The average Bonchev–Trinajstić information content (AvgIpc) is 2.56. The van der Waals surface area contributed by atoms with Crippen LogP contribution in [0.15, 0.2) is 40.9 Å². The first-order valence-electron chi connectivity index (χ1n) is 6.92. The predicted octanol–water partition coefficient (Wildman–Crippen LogP) is 4.19. The lowest BCUT2D eigenvalue weighted by atomic mass is 10.1. The number of halogens is 2. The molecule has 0 aliphatic heterocycles. The first-order chi connectivity index (χ1) is 10.7. The molecule has 6 heteroatoms. The second kappa shape index (κ2) is 9.65. The molecule has 0 radical (unpaired) electrons. The van der Waals surface area contributed by atoms with E-state index >= 15 is 0 Å². The summed E-state index contributed by atoms with van der Waals surface area (Å²) in [4.78, 5) is 0. The second-order valence-electron chi connectivity index (χ2n) is 4.71. The third kappa shape index (κ3) is 5.03. The van der Waals surface area contributed by atoms with Gasteiger partial charge in [0.15, 0.2) is 11.5 Å². The van der Waals surface area contributed by atoms with Crippen molar-refractivity contribution in [2.45, 2.75) is 13.1 Å². The van der Waals surface area contributed by atoms with Gasteiger partial charge in [0.1, 0.15) is 5.75 Å². The van der Waals surface area contributed by atoms with Gasteiger partial charge in [-0.3, -0.25) is 0 Å². The molecule has 0 spiro atoms. The van der Waals surface area contributed by atoms with Crippen LogP contribution in [0.25, 0.3) is 0 Å². The highest BCUT2D eigenvalue weighted by Gasteiger charge is 2.09. The van der Waals surface area contributed by atoms with Crippen LogP contribution in [-0.4, -0.2) is 21.3 Å². The van der Waals surface area contributed by atoms with E-state index in [-0.39, 0.29) is 12.4 Å². The van der Waals surface area contributed by atoms with E-state index in [1.165, 1.54) is 0 Å². The molecule has 0 unspecified atom stereocenters. The van der Waals surface area contributed by atoms with Gasteiger partial charge in [-0.1, -0.05) is 34.1 Å². The Labute approximate surface area is 151 Å². The molecule has 0 aliphatic carbocycles. The largest absolute Gasteiger partial charge is 0.496 e. The summed E-state index contributed by atoms with van der Waals surface area (Å²) in [7, 11) is 4.95. The molecule has 1 N–H and O–H groups in total. The number of nitrogens with one attached hydrogen (secondary N) is 1. The second-order valence-corrected chi connectivity index (χ2v) is 5.57. The third-order valence-corrected chi connectivity index (χ3v) is 4.11. The van der Waals surface area contributed by atoms with Crippen molar-refractivity contribution in [1.29, 1.82) is 0 Å². The number of ether oxygens (including phenoxy) is 3. The molecule has 0 saturated carbocycles. The number of para-hydroxylation sites is 1. The maximum absolute atomic E-state index is 5.35. The number of benzene rings is 2. The SMILES string of the molecule is COc1ccccc1CNCc1cc(OC)c(OC)cc1Br.Cl. The van der Waals surface area contributed by atoms with E-state index in [1.54, 1.807) is 21.3 Å². The van der Waals surface area contributed by atoms with E-state index in [1.807, 2.05) is 30.3 Å². The lowest BCUT2D eigenvalue weighted by Crippen LogP contribution is -2.14. The molecule has 2 rings (SSSR count). The molecule has 0 fully saturated rings. The minimum absolute atomic E-state index is 0. The zero-order chi connectivity index (χ0) is 15.9. The standard InChI is InChI=1S/C17H20BrNO3.ClH/c1-20-15-7-5-4-6-12(15)10-19-11-13-8-16(21-2)17(22-3)9-14(13)18;/h4-9,19H,10-11H2,1-3H3;1H. The Balaban J connectivity index is 0.00000264. The van der Waals surface area contributed by atoms with Crippen LogP contribution in [-0.2, 0) is 13.1 Å². The van der Waals surface area contributed by atoms with Crippen LogP contribution in [0.4, 0.5) is 0 Å². The molecule has 4 nitrogen and oxygen atoms in total. The first-order valence-corrected chi connectivity index (χ1v) is 7.72. The normalized spacial score (nSPS) is 9.91. The van der Waals surface area contributed by atoms with Crippen LogP contribution < -0.4 is 19.5 Å². The molecule has 23 heavy (non-hydrogen) atoms. The van der Waals surface area contributed by atoms with Crippen LogP contribution >= 0.6 is 28.3 Å². The highest BCUT2D eigenvalue weighted by molar-refractivity contribution is 9.10. The van der Waals surface area contributed by atoms with Crippen molar-refractivity contribution in [1.82, 2.24) is 5.32 Å². The Morgan fingerprint density at radius 2 is 1.39 bits per heavy atom. The summed E-state index contributed by atoms with van der Waals surface area (Å²) in [6.45, 7) is 1.43. The zero-order valence-electron chi connectivity index (χ0n) is 13.4. The van der Waals surface area contributed by atoms with E-state index in [4.69, 9.17) is 14.2 Å². The molecule has 0 aliphatic rings. The van der Waals surface area contributed by atoms with Crippen LogP contribution in [0.2, 0.25) is 0 Å². The Bertz CT molecular complexity index is 637. The minimum Gasteiger partial charge on any atom is -0.496 e. The third-order valence-electron chi connectivity index (χ3n) is 3.38. The summed E-state index contributed by atoms with van der Waals surface area (Å²) >= 11 is 3.57. The smallest absolute Gasteiger partial charge is 0.161 e. The fraction of sp³-hybridized carbons (Fsp3) is 0.294. The summed E-state index contributed by atoms with van der Waals surface area (Å²) < 4.78 is 17.0.